The van der Waals surface area contributed by atoms with E-state index in [1.807, 2.05) is 0 Å². The summed E-state index contributed by atoms with van der Waals surface area (Å²) in [5.74, 6) is -0.440. The smallest absolute Gasteiger partial charge is 0.249 e. The third kappa shape index (κ3) is 2.57. The molecule has 0 radical (unpaired) electrons. The Morgan fingerprint density at radius 1 is 1.30 bits per heavy atom. The van der Waals surface area contributed by atoms with E-state index in [1.54, 1.807) is 12.1 Å². The number of hydrogen-bond donors (Lipinski definition) is 1. The molecule has 1 heterocycles. The number of nitrogens with one attached hydrogen (secondary N) is 1. The number of carbonyl (C=O) groups excluding carboxylic acids is 2. The Morgan fingerprint density at radius 3 is 2.70 bits per heavy atom. The van der Waals surface area contributed by atoms with Gasteiger partial charge in [0, 0.05) is 18.7 Å². The fourth-order valence-corrected chi connectivity index (χ4v) is 2.70. The third-order valence-electron chi connectivity index (χ3n) is 3.72. The first-order valence-electron chi connectivity index (χ1n) is 6.62. The zero-order chi connectivity index (χ0) is 14.3. The lowest BCUT2D eigenvalue weighted by molar-refractivity contribution is -0.126. The molecule has 1 atom stereocenters. The van der Waals surface area contributed by atoms with Crippen molar-refractivity contribution in [2.75, 3.05) is 11.4 Å². The van der Waals surface area contributed by atoms with Crippen LogP contribution in [0.25, 0.3) is 0 Å². The van der Waals surface area contributed by atoms with Crippen LogP contribution in [-0.4, -0.2) is 24.4 Å². The Labute approximate surface area is 124 Å². The molecule has 1 unspecified atom stereocenters. The molecule has 106 valence electrons. The molecular formula is C14H14BrFN2O2. The Bertz CT molecular complexity index is 574. The quantitative estimate of drug-likeness (QED) is 0.897. The average Bonchev–Trinajstić information content (AvgIpc) is 3.23. The number of rotatable bonds is 2. The molecule has 6 heteroatoms. The van der Waals surface area contributed by atoms with Crippen LogP contribution >= 0.6 is 15.9 Å². The fraction of sp³-hybridized carbons (Fsp3) is 0.429. The topological polar surface area (TPSA) is 49.4 Å². The van der Waals surface area contributed by atoms with Crippen molar-refractivity contribution in [2.24, 2.45) is 5.92 Å². The summed E-state index contributed by atoms with van der Waals surface area (Å²) in [6.45, 7) is 0.287. The molecule has 3 rings (SSSR count). The minimum Gasteiger partial charge on any atom is -0.344 e. The monoisotopic (exact) mass is 340 g/mol. The van der Waals surface area contributed by atoms with Crippen LogP contribution in [0.15, 0.2) is 22.7 Å². The summed E-state index contributed by atoms with van der Waals surface area (Å²) in [5.41, 5.74) is 0.498. The number of amides is 2. The Balaban J connectivity index is 1.91. The summed E-state index contributed by atoms with van der Waals surface area (Å²) in [5, 5.41) is 2.78. The molecule has 1 aromatic carbocycles. The van der Waals surface area contributed by atoms with E-state index in [2.05, 4.69) is 21.2 Å². The second-order valence-corrected chi connectivity index (χ2v) is 6.08. The lowest BCUT2D eigenvalue weighted by atomic mass is 10.1. The number of anilines is 1. The maximum absolute atomic E-state index is 13.6. The van der Waals surface area contributed by atoms with E-state index in [9.17, 15) is 14.0 Å². The Kier molecular flexibility index (Phi) is 3.50. The molecule has 1 saturated carbocycles. The summed E-state index contributed by atoms with van der Waals surface area (Å²) in [4.78, 5) is 25.8. The van der Waals surface area contributed by atoms with E-state index < -0.39 is 11.9 Å². The van der Waals surface area contributed by atoms with Crippen LogP contribution in [0.2, 0.25) is 0 Å². The van der Waals surface area contributed by atoms with E-state index in [-0.39, 0.29) is 30.7 Å². The van der Waals surface area contributed by atoms with Gasteiger partial charge >= 0.3 is 0 Å². The molecule has 1 aromatic rings. The first-order valence-corrected chi connectivity index (χ1v) is 7.41. The van der Waals surface area contributed by atoms with Crippen molar-refractivity contribution < 1.29 is 14.0 Å². The fourth-order valence-electron chi connectivity index (χ4n) is 2.46. The molecule has 2 amide bonds. The number of benzene rings is 1. The number of carbonyl (C=O) groups is 2. The highest BCUT2D eigenvalue weighted by Gasteiger charge is 2.41. The molecule has 1 saturated heterocycles. The second kappa shape index (κ2) is 5.16. The van der Waals surface area contributed by atoms with Crippen LogP contribution in [-0.2, 0) is 9.59 Å². The minimum absolute atomic E-state index is 0.115. The predicted octanol–water partition coefficient (Wildman–Crippen LogP) is 2.22. The van der Waals surface area contributed by atoms with Crippen molar-refractivity contribution in [1.82, 2.24) is 5.32 Å². The van der Waals surface area contributed by atoms with Crippen LogP contribution in [0, 0.1) is 11.7 Å². The first kappa shape index (κ1) is 13.5. The van der Waals surface area contributed by atoms with Crippen molar-refractivity contribution in [3.63, 3.8) is 0 Å². The largest absolute Gasteiger partial charge is 0.344 e. The van der Waals surface area contributed by atoms with Gasteiger partial charge in [-0.3, -0.25) is 9.59 Å². The van der Waals surface area contributed by atoms with Crippen LogP contribution < -0.4 is 10.2 Å². The van der Waals surface area contributed by atoms with Gasteiger partial charge in [-0.15, -0.1) is 0 Å². The lowest BCUT2D eigenvalue weighted by Gasteiger charge is -2.24. The van der Waals surface area contributed by atoms with Crippen LogP contribution in [0.4, 0.5) is 10.1 Å². The first-order chi connectivity index (χ1) is 9.56. The molecule has 0 spiro atoms. The van der Waals surface area contributed by atoms with Gasteiger partial charge in [-0.05, 0) is 52.9 Å². The number of nitrogens with zero attached hydrogens (tertiary/aromatic N) is 1. The second-order valence-electron chi connectivity index (χ2n) is 5.22. The highest BCUT2D eigenvalue weighted by atomic mass is 79.9. The van der Waals surface area contributed by atoms with Crippen molar-refractivity contribution >= 4 is 33.4 Å². The van der Waals surface area contributed by atoms with E-state index in [0.717, 1.165) is 12.8 Å². The summed E-state index contributed by atoms with van der Waals surface area (Å²) in [6.07, 6.45) is 2.16. The van der Waals surface area contributed by atoms with Gasteiger partial charge in [-0.2, -0.15) is 0 Å². The van der Waals surface area contributed by atoms with Crippen molar-refractivity contribution in [2.45, 2.75) is 25.3 Å². The average molecular weight is 341 g/mol. The molecule has 2 aliphatic rings. The molecule has 1 aliphatic carbocycles. The molecular weight excluding hydrogens is 327 g/mol. The number of halogens is 2. The predicted molar refractivity (Wildman–Crippen MR) is 75.7 cm³/mol. The zero-order valence-electron chi connectivity index (χ0n) is 10.7. The highest BCUT2D eigenvalue weighted by molar-refractivity contribution is 9.10. The maximum Gasteiger partial charge on any atom is 0.249 e. The van der Waals surface area contributed by atoms with Gasteiger partial charge in [-0.1, -0.05) is 0 Å². The van der Waals surface area contributed by atoms with Crippen molar-refractivity contribution in [3.05, 3.63) is 28.5 Å². The highest BCUT2D eigenvalue weighted by Crippen LogP contribution is 2.35. The van der Waals surface area contributed by atoms with Crippen LogP contribution in [0.1, 0.15) is 19.3 Å². The van der Waals surface area contributed by atoms with Gasteiger partial charge in [0.1, 0.15) is 11.9 Å². The summed E-state index contributed by atoms with van der Waals surface area (Å²) >= 11 is 3.09. The number of hydrogen-bond acceptors (Lipinski definition) is 2. The van der Waals surface area contributed by atoms with E-state index in [0.29, 0.717) is 10.2 Å². The molecule has 0 aromatic heterocycles. The summed E-state index contributed by atoms with van der Waals surface area (Å²) in [6, 6.07) is 4.12. The van der Waals surface area contributed by atoms with E-state index in [4.69, 9.17) is 0 Å². The van der Waals surface area contributed by atoms with Gasteiger partial charge < -0.3 is 10.2 Å². The van der Waals surface area contributed by atoms with Gasteiger partial charge in [0.2, 0.25) is 11.8 Å². The standard InChI is InChI=1S/C14H14BrFN2O2/c15-10-4-3-9(7-11(10)16)18-6-5-12(19)17-13(14(18)20)8-1-2-8/h3-4,7-8,13H,1-2,5-6H2,(H,17,19). The summed E-state index contributed by atoms with van der Waals surface area (Å²) in [7, 11) is 0. The third-order valence-corrected chi connectivity index (χ3v) is 4.36. The van der Waals surface area contributed by atoms with E-state index in [1.165, 1.54) is 11.0 Å². The maximum atomic E-state index is 13.6. The Hall–Kier alpha value is -1.43. The van der Waals surface area contributed by atoms with Gasteiger partial charge in [-0.25, -0.2) is 4.39 Å². The lowest BCUT2D eigenvalue weighted by Crippen LogP contribution is -2.46. The van der Waals surface area contributed by atoms with E-state index >= 15 is 0 Å². The van der Waals surface area contributed by atoms with Gasteiger partial charge in [0.05, 0.1) is 4.47 Å². The zero-order valence-corrected chi connectivity index (χ0v) is 12.3. The van der Waals surface area contributed by atoms with Crippen molar-refractivity contribution in [1.29, 1.82) is 0 Å². The minimum atomic E-state index is -0.461. The summed E-state index contributed by atoms with van der Waals surface area (Å²) < 4.78 is 14.0. The molecule has 20 heavy (non-hydrogen) atoms. The molecule has 2 fully saturated rings. The Morgan fingerprint density at radius 2 is 2.05 bits per heavy atom. The normalized spacial score (nSPS) is 23.5. The van der Waals surface area contributed by atoms with Crippen molar-refractivity contribution in [3.8, 4) is 0 Å². The molecule has 1 aliphatic heterocycles. The SMILES string of the molecule is O=C1CCN(c2ccc(Br)c(F)c2)C(=O)C(C2CC2)N1. The molecule has 1 N–H and O–H groups in total. The van der Waals surface area contributed by atoms with Crippen LogP contribution in [0.5, 0.6) is 0 Å². The molecule has 0 bridgehead atoms. The molecule has 4 nitrogen and oxygen atoms in total. The van der Waals surface area contributed by atoms with Crippen LogP contribution in [0.3, 0.4) is 0 Å². The van der Waals surface area contributed by atoms with Gasteiger partial charge in [0.25, 0.3) is 0 Å². The van der Waals surface area contributed by atoms with Gasteiger partial charge in [0.15, 0.2) is 0 Å².